The van der Waals surface area contributed by atoms with Crippen LogP contribution in [-0.2, 0) is 11.0 Å². The lowest BCUT2D eigenvalue weighted by Crippen LogP contribution is -2.22. The molecule has 0 spiro atoms. The SMILES string of the molecule is O=CNCC1c2ccccc2C=Cc2ccc(C(F)(F)F)cc21. The summed E-state index contributed by atoms with van der Waals surface area (Å²) in [6.45, 7) is 0.247. The van der Waals surface area contributed by atoms with Gasteiger partial charge in [0, 0.05) is 12.5 Å². The summed E-state index contributed by atoms with van der Waals surface area (Å²) in [6.07, 6.45) is -0.126. The van der Waals surface area contributed by atoms with E-state index >= 15 is 0 Å². The molecule has 0 radical (unpaired) electrons. The molecule has 0 aliphatic heterocycles. The first-order valence-electron chi connectivity index (χ1n) is 7.16. The third kappa shape index (κ3) is 2.99. The fraction of sp³-hybridized carbons (Fsp3) is 0.167. The number of rotatable bonds is 3. The lowest BCUT2D eigenvalue weighted by atomic mass is 9.86. The smallest absolute Gasteiger partial charge is 0.358 e. The number of fused-ring (bicyclic) bond motifs is 2. The Kier molecular flexibility index (Phi) is 3.94. The lowest BCUT2D eigenvalue weighted by molar-refractivity contribution is -0.137. The molecule has 1 atom stereocenters. The predicted molar refractivity (Wildman–Crippen MR) is 82.7 cm³/mol. The number of nitrogens with one attached hydrogen (secondary N) is 1. The molecule has 0 heterocycles. The number of carbonyl (C=O) groups excluding carboxylic acids is 1. The molecule has 5 heteroatoms. The maximum atomic E-state index is 13.0. The van der Waals surface area contributed by atoms with Crippen LogP contribution in [0.3, 0.4) is 0 Å². The van der Waals surface area contributed by atoms with E-state index in [1.165, 1.54) is 12.1 Å². The quantitative estimate of drug-likeness (QED) is 0.850. The van der Waals surface area contributed by atoms with E-state index in [9.17, 15) is 18.0 Å². The highest BCUT2D eigenvalue weighted by molar-refractivity contribution is 5.77. The van der Waals surface area contributed by atoms with Gasteiger partial charge in [-0.2, -0.15) is 13.2 Å². The van der Waals surface area contributed by atoms with E-state index in [1.54, 1.807) is 0 Å². The molecule has 3 rings (SSSR count). The molecule has 1 amide bonds. The fourth-order valence-corrected chi connectivity index (χ4v) is 2.92. The second kappa shape index (κ2) is 5.91. The Hall–Kier alpha value is -2.56. The molecule has 1 N–H and O–H groups in total. The maximum Gasteiger partial charge on any atom is 0.416 e. The van der Waals surface area contributed by atoms with Crippen molar-refractivity contribution < 1.29 is 18.0 Å². The van der Waals surface area contributed by atoms with Gasteiger partial charge in [0.2, 0.25) is 6.41 Å². The molecule has 1 unspecified atom stereocenters. The molecule has 23 heavy (non-hydrogen) atoms. The van der Waals surface area contributed by atoms with Crippen molar-refractivity contribution in [2.75, 3.05) is 6.54 Å². The van der Waals surface area contributed by atoms with Gasteiger partial charge in [0.25, 0.3) is 0 Å². The highest BCUT2D eigenvalue weighted by Gasteiger charge is 2.32. The molecule has 1 aliphatic carbocycles. The zero-order valence-electron chi connectivity index (χ0n) is 12.1. The average Bonchev–Trinajstić information content (AvgIpc) is 2.68. The van der Waals surface area contributed by atoms with Crippen molar-refractivity contribution >= 4 is 18.6 Å². The molecule has 2 aromatic rings. The van der Waals surface area contributed by atoms with Crippen LogP contribution in [0.25, 0.3) is 12.2 Å². The zero-order valence-corrected chi connectivity index (χ0v) is 12.1. The van der Waals surface area contributed by atoms with Crippen molar-refractivity contribution in [1.82, 2.24) is 5.32 Å². The Balaban J connectivity index is 2.17. The molecule has 0 saturated carbocycles. The molecule has 0 saturated heterocycles. The third-order valence-corrected chi connectivity index (χ3v) is 4.01. The average molecular weight is 317 g/mol. The standard InChI is InChI=1S/C18H14F3NO/c19-18(20,21)14-8-7-13-6-5-12-3-1-2-4-15(12)17(10-22-11-23)16(13)9-14/h1-9,11,17H,10H2,(H,22,23). The van der Waals surface area contributed by atoms with Gasteiger partial charge in [-0.25, -0.2) is 0 Å². The normalized spacial score (nSPS) is 16.2. The van der Waals surface area contributed by atoms with E-state index in [1.807, 2.05) is 36.4 Å². The van der Waals surface area contributed by atoms with Crippen molar-refractivity contribution in [3.8, 4) is 0 Å². The molecule has 2 nitrogen and oxygen atoms in total. The minimum Gasteiger partial charge on any atom is -0.358 e. The molecular formula is C18H14F3NO. The Labute approximate surface area is 131 Å². The highest BCUT2D eigenvalue weighted by Crippen LogP contribution is 2.38. The minimum absolute atomic E-state index is 0.247. The van der Waals surface area contributed by atoms with Crippen LogP contribution in [0.4, 0.5) is 13.2 Å². The number of hydrogen-bond donors (Lipinski definition) is 1. The van der Waals surface area contributed by atoms with Gasteiger partial charge in [-0.3, -0.25) is 4.79 Å². The van der Waals surface area contributed by atoms with Crippen LogP contribution in [0.15, 0.2) is 42.5 Å². The first kappa shape index (κ1) is 15.3. The summed E-state index contributed by atoms with van der Waals surface area (Å²) in [5.74, 6) is -0.330. The Morgan fingerprint density at radius 2 is 1.70 bits per heavy atom. The molecule has 0 aromatic heterocycles. The van der Waals surface area contributed by atoms with Crippen molar-refractivity contribution in [3.05, 3.63) is 70.3 Å². The second-order valence-corrected chi connectivity index (χ2v) is 5.38. The van der Waals surface area contributed by atoms with Crippen LogP contribution < -0.4 is 5.32 Å². The molecule has 118 valence electrons. The highest BCUT2D eigenvalue weighted by atomic mass is 19.4. The predicted octanol–water partition coefficient (Wildman–Crippen LogP) is 4.07. The van der Waals surface area contributed by atoms with Gasteiger partial charge in [0.05, 0.1) is 5.56 Å². The number of hydrogen-bond acceptors (Lipinski definition) is 1. The van der Waals surface area contributed by atoms with Gasteiger partial charge < -0.3 is 5.32 Å². The van der Waals surface area contributed by atoms with Crippen LogP contribution in [0.1, 0.15) is 33.7 Å². The summed E-state index contributed by atoms with van der Waals surface area (Å²) in [5, 5.41) is 2.60. The summed E-state index contributed by atoms with van der Waals surface area (Å²) in [5.41, 5.74) is 2.45. The number of carbonyl (C=O) groups is 1. The van der Waals surface area contributed by atoms with Crippen molar-refractivity contribution in [2.24, 2.45) is 0 Å². The molecule has 0 fully saturated rings. The summed E-state index contributed by atoms with van der Waals surface area (Å²) in [7, 11) is 0. The lowest BCUT2D eigenvalue weighted by Gasteiger charge is -2.21. The van der Waals surface area contributed by atoms with Crippen LogP contribution >= 0.6 is 0 Å². The topological polar surface area (TPSA) is 29.1 Å². The van der Waals surface area contributed by atoms with E-state index < -0.39 is 11.7 Å². The largest absolute Gasteiger partial charge is 0.416 e. The van der Waals surface area contributed by atoms with Gasteiger partial charge in [0.1, 0.15) is 0 Å². The molecular weight excluding hydrogens is 303 g/mol. The summed E-state index contributed by atoms with van der Waals surface area (Å²) in [6, 6.07) is 11.3. The van der Waals surface area contributed by atoms with Crippen molar-refractivity contribution in [3.63, 3.8) is 0 Å². The molecule has 0 bridgehead atoms. The summed E-state index contributed by atoms with van der Waals surface area (Å²) < 4.78 is 39.1. The first-order valence-corrected chi connectivity index (χ1v) is 7.16. The second-order valence-electron chi connectivity index (χ2n) is 5.38. The molecule has 2 aromatic carbocycles. The summed E-state index contributed by atoms with van der Waals surface area (Å²) >= 11 is 0. The van der Waals surface area contributed by atoms with Gasteiger partial charge in [-0.05, 0) is 34.4 Å². The Morgan fingerprint density at radius 1 is 1.00 bits per heavy atom. The Bertz CT molecular complexity index is 765. The zero-order chi connectivity index (χ0) is 16.4. The van der Waals surface area contributed by atoms with E-state index in [4.69, 9.17) is 0 Å². The number of amides is 1. The van der Waals surface area contributed by atoms with Gasteiger partial charge in [-0.15, -0.1) is 0 Å². The van der Waals surface area contributed by atoms with E-state index in [0.29, 0.717) is 12.0 Å². The van der Waals surface area contributed by atoms with Crippen molar-refractivity contribution in [2.45, 2.75) is 12.1 Å². The fourth-order valence-electron chi connectivity index (χ4n) is 2.92. The van der Waals surface area contributed by atoms with Crippen LogP contribution in [0.5, 0.6) is 0 Å². The van der Waals surface area contributed by atoms with Crippen LogP contribution in [0.2, 0.25) is 0 Å². The third-order valence-electron chi connectivity index (χ3n) is 4.01. The minimum atomic E-state index is -4.40. The van der Waals surface area contributed by atoms with Crippen molar-refractivity contribution in [1.29, 1.82) is 0 Å². The van der Waals surface area contributed by atoms with Gasteiger partial charge >= 0.3 is 6.18 Å². The van der Waals surface area contributed by atoms with Crippen LogP contribution in [-0.4, -0.2) is 13.0 Å². The maximum absolute atomic E-state index is 13.0. The number of benzene rings is 2. The van der Waals surface area contributed by atoms with Gasteiger partial charge in [-0.1, -0.05) is 42.5 Å². The van der Waals surface area contributed by atoms with E-state index in [2.05, 4.69) is 5.32 Å². The summed E-state index contributed by atoms with van der Waals surface area (Å²) in [4.78, 5) is 10.7. The number of alkyl halides is 3. The number of halogens is 3. The van der Waals surface area contributed by atoms with Gasteiger partial charge in [0.15, 0.2) is 0 Å². The van der Waals surface area contributed by atoms with E-state index in [-0.39, 0.29) is 12.5 Å². The first-order chi connectivity index (χ1) is 11.0. The monoisotopic (exact) mass is 317 g/mol. The van der Waals surface area contributed by atoms with Crippen LogP contribution in [0, 0.1) is 0 Å². The Morgan fingerprint density at radius 3 is 2.39 bits per heavy atom. The molecule has 1 aliphatic rings. The van der Waals surface area contributed by atoms with E-state index in [0.717, 1.165) is 22.8 Å².